The fourth-order valence-electron chi connectivity index (χ4n) is 1.12. The zero-order valence-corrected chi connectivity index (χ0v) is 9.53. The van der Waals surface area contributed by atoms with E-state index in [-0.39, 0.29) is 19.1 Å². The molecule has 0 fully saturated rings. The van der Waals surface area contributed by atoms with Crippen LogP contribution in [0.25, 0.3) is 0 Å². The van der Waals surface area contributed by atoms with Gasteiger partial charge in [-0.15, -0.1) is 0 Å². The maximum absolute atomic E-state index is 11.0. The van der Waals surface area contributed by atoms with Crippen molar-refractivity contribution in [1.82, 2.24) is 5.32 Å². The molecule has 0 aliphatic rings. The number of alkyl carbamates (subject to hydrolysis) is 1. The van der Waals surface area contributed by atoms with Gasteiger partial charge in [0.15, 0.2) is 0 Å². The maximum atomic E-state index is 11.0. The molecule has 0 atom stereocenters. The Balaban J connectivity index is 2.50. The van der Waals surface area contributed by atoms with Gasteiger partial charge in [-0.1, -0.05) is 12.1 Å². The molecule has 0 saturated carbocycles. The molecule has 17 heavy (non-hydrogen) atoms. The van der Waals surface area contributed by atoms with Crippen molar-refractivity contribution in [2.24, 2.45) is 5.73 Å². The van der Waals surface area contributed by atoms with Crippen LogP contribution in [0.15, 0.2) is 24.3 Å². The Labute approximate surface area is 99.1 Å². The molecule has 6 nitrogen and oxygen atoms in total. The van der Waals surface area contributed by atoms with Crippen LogP contribution in [0.3, 0.4) is 0 Å². The molecular formula is C11H15N3O3. The first kappa shape index (κ1) is 13.0. The van der Waals surface area contributed by atoms with Gasteiger partial charge in [-0.2, -0.15) is 0 Å². The van der Waals surface area contributed by atoms with Gasteiger partial charge >= 0.3 is 6.09 Å². The smallest absolute Gasteiger partial charge is 0.407 e. The number of nitrogens with one attached hydrogen (secondary N) is 2. The van der Waals surface area contributed by atoms with Crippen molar-refractivity contribution >= 4 is 17.7 Å². The third kappa shape index (κ3) is 4.52. The highest BCUT2D eigenvalue weighted by Crippen LogP contribution is 2.10. The van der Waals surface area contributed by atoms with Gasteiger partial charge in [0, 0.05) is 12.7 Å². The van der Waals surface area contributed by atoms with Gasteiger partial charge in [-0.05, 0) is 17.7 Å². The van der Waals surface area contributed by atoms with Crippen LogP contribution in [0, 0.1) is 0 Å². The summed E-state index contributed by atoms with van der Waals surface area (Å²) in [5, 5.41) is 4.96. The average Bonchev–Trinajstić information content (AvgIpc) is 2.37. The first-order valence-corrected chi connectivity index (χ1v) is 5.09. The molecule has 92 valence electrons. The first-order chi connectivity index (χ1) is 8.15. The summed E-state index contributed by atoms with van der Waals surface area (Å²) in [6.07, 6.45) is -0.481. The van der Waals surface area contributed by atoms with Crippen molar-refractivity contribution < 1.29 is 14.3 Å². The SMILES string of the molecule is CNC(=O)OCc1ccc(NC(=O)CN)cc1. The number of anilines is 1. The Morgan fingerprint density at radius 3 is 2.47 bits per heavy atom. The molecule has 0 aromatic heterocycles. The molecular weight excluding hydrogens is 222 g/mol. The number of hydrogen-bond donors (Lipinski definition) is 3. The highest BCUT2D eigenvalue weighted by Gasteiger charge is 2.01. The molecule has 1 rings (SSSR count). The number of ether oxygens (including phenoxy) is 1. The zero-order chi connectivity index (χ0) is 12.7. The van der Waals surface area contributed by atoms with E-state index in [4.69, 9.17) is 10.5 Å². The van der Waals surface area contributed by atoms with E-state index in [2.05, 4.69) is 10.6 Å². The molecule has 0 radical (unpaired) electrons. The van der Waals surface area contributed by atoms with E-state index in [0.717, 1.165) is 5.56 Å². The van der Waals surface area contributed by atoms with Gasteiger partial charge in [0.25, 0.3) is 0 Å². The van der Waals surface area contributed by atoms with Crippen LogP contribution in [0.1, 0.15) is 5.56 Å². The molecule has 0 saturated heterocycles. The summed E-state index contributed by atoms with van der Waals surface area (Å²) in [4.78, 5) is 21.8. The summed E-state index contributed by atoms with van der Waals surface area (Å²) in [5.41, 5.74) is 6.66. The number of amides is 2. The second-order valence-electron chi connectivity index (χ2n) is 3.28. The fraction of sp³-hybridized carbons (Fsp3) is 0.273. The minimum atomic E-state index is -0.481. The van der Waals surface area contributed by atoms with Crippen LogP contribution in [0.2, 0.25) is 0 Å². The summed E-state index contributed by atoms with van der Waals surface area (Å²) >= 11 is 0. The van der Waals surface area contributed by atoms with Crippen molar-refractivity contribution in [2.75, 3.05) is 18.9 Å². The number of carbonyl (C=O) groups is 2. The summed E-state index contributed by atoms with van der Waals surface area (Å²) in [6.45, 7) is 0.131. The van der Waals surface area contributed by atoms with Crippen LogP contribution in [-0.2, 0) is 16.1 Å². The third-order valence-corrected chi connectivity index (χ3v) is 2.00. The van der Waals surface area contributed by atoms with Crippen LogP contribution in [0.4, 0.5) is 10.5 Å². The van der Waals surface area contributed by atoms with Gasteiger partial charge in [0.2, 0.25) is 5.91 Å². The lowest BCUT2D eigenvalue weighted by molar-refractivity contribution is -0.114. The number of rotatable bonds is 4. The fourth-order valence-corrected chi connectivity index (χ4v) is 1.12. The largest absolute Gasteiger partial charge is 0.445 e. The topological polar surface area (TPSA) is 93.5 Å². The minimum absolute atomic E-state index is 0.0540. The summed E-state index contributed by atoms with van der Waals surface area (Å²) in [6, 6.07) is 6.95. The van der Waals surface area contributed by atoms with Crippen LogP contribution < -0.4 is 16.4 Å². The maximum Gasteiger partial charge on any atom is 0.407 e. The Morgan fingerprint density at radius 1 is 1.29 bits per heavy atom. The lowest BCUT2D eigenvalue weighted by atomic mass is 10.2. The number of hydrogen-bond acceptors (Lipinski definition) is 4. The summed E-state index contributed by atoms with van der Waals surface area (Å²) < 4.78 is 4.86. The van der Waals surface area contributed by atoms with Crippen LogP contribution >= 0.6 is 0 Å². The van der Waals surface area contributed by atoms with E-state index in [1.54, 1.807) is 24.3 Å². The van der Waals surface area contributed by atoms with E-state index < -0.39 is 6.09 Å². The molecule has 1 aromatic rings. The standard InChI is InChI=1S/C11H15N3O3/c1-13-11(16)17-7-8-2-4-9(5-3-8)14-10(15)6-12/h2-5H,6-7,12H2,1H3,(H,13,16)(H,14,15). The second kappa shape index (κ2) is 6.49. The molecule has 0 heterocycles. The minimum Gasteiger partial charge on any atom is -0.445 e. The number of carbonyl (C=O) groups excluding carboxylic acids is 2. The van der Waals surface area contributed by atoms with Crippen molar-refractivity contribution in [2.45, 2.75) is 6.61 Å². The summed E-state index contributed by atoms with van der Waals surface area (Å²) in [7, 11) is 1.49. The van der Waals surface area contributed by atoms with Gasteiger partial charge in [-0.3, -0.25) is 4.79 Å². The highest BCUT2D eigenvalue weighted by molar-refractivity contribution is 5.92. The Hall–Kier alpha value is -2.08. The van der Waals surface area contributed by atoms with Crippen molar-refractivity contribution in [3.63, 3.8) is 0 Å². The third-order valence-electron chi connectivity index (χ3n) is 2.00. The molecule has 2 amide bonds. The predicted octanol–water partition coefficient (Wildman–Crippen LogP) is 0.440. The van der Waals surface area contributed by atoms with Gasteiger partial charge in [0.1, 0.15) is 6.61 Å². The van der Waals surface area contributed by atoms with E-state index in [1.165, 1.54) is 7.05 Å². The van der Waals surface area contributed by atoms with Crippen LogP contribution in [0.5, 0.6) is 0 Å². The normalized spacial score (nSPS) is 9.53. The molecule has 0 spiro atoms. The van der Waals surface area contributed by atoms with E-state index in [9.17, 15) is 9.59 Å². The number of nitrogens with two attached hydrogens (primary N) is 1. The van der Waals surface area contributed by atoms with Crippen molar-refractivity contribution in [3.8, 4) is 0 Å². The lowest BCUT2D eigenvalue weighted by Gasteiger charge is -2.06. The molecule has 0 bridgehead atoms. The first-order valence-electron chi connectivity index (χ1n) is 5.09. The quantitative estimate of drug-likeness (QED) is 0.708. The molecule has 6 heteroatoms. The van der Waals surface area contributed by atoms with E-state index in [0.29, 0.717) is 5.69 Å². The molecule has 0 aliphatic carbocycles. The summed E-state index contributed by atoms with van der Waals surface area (Å²) in [5.74, 6) is -0.251. The molecule has 0 unspecified atom stereocenters. The second-order valence-corrected chi connectivity index (χ2v) is 3.28. The predicted molar refractivity (Wildman–Crippen MR) is 63.4 cm³/mol. The Kier molecular flexibility index (Phi) is 4.96. The lowest BCUT2D eigenvalue weighted by Crippen LogP contribution is -2.21. The van der Waals surface area contributed by atoms with Gasteiger partial charge < -0.3 is 21.1 Å². The highest BCUT2D eigenvalue weighted by atomic mass is 16.5. The van der Waals surface area contributed by atoms with Crippen molar-refractivity contribution in [3.05, 3.63) is 29.8 Å². The van der Waals surface area contributed by atoms with E-state index >= 15 is 0 Å². The zero-order valence-electron chi connectivity index (χ0n) is 9.53. The Bertz CT molecular complexity index is 389. The average molecular weight is 237 g/mol. The van der Waals surface area contributed by atoms with Gasteiger partial charge in [0.05, 0.1) is 6.54 Å². The number of benzene rings is 1. The van der Waals surface area contributed by atoms with Gasteiger partial charge in [-0.25, -0.2) is 4.79 Å². The molecule has 1 aromatic carbocycles. The monoisotopic (exact) mass is 237 g/mol. The van der Waals surface area contributed by atoms with Crippen LogP contribution in [-0.4, -0.2) is 25.6 Å². The van der Waals surface area contributed by atoms with E-state index in [1.807, 2.05) is 0 Å². The Morgan fingerprint density at radius 2 is 1.94 bits per heavy atom. The molecule has 0 aliphatic heterocycles. The van der Waals surface area contributed by atoms with Crippen molar-refractivity contribution in [1.29, 1.82) is 0 Å². The molecule has 4 N–H and O–H groups in total.